The van der Waals surface area contributed by atoms with E-state index in [9.17, 15) is 14.4 Å². The summed E-state index contributed by atoms with van der Waals surface area (Å²) >= 11 is 0. The quantitative estimate of drug-likeness (QED) is 0.0806. The fourth-order valence-electron chi connectivity index (χ4n) is 3.24. The number of carbonyl (C=O) groups is 3. The number of unbranched alkanes of at least 4 members (excludes halogenated alkanes) is 6. The van der Waals surface area contributed by atoms with Crippen molar-refractivity contribution < 1.29 is 42.8 Å². The van der Waals surface area contributed by atoms with E-state index >= 15 is 0 Å². The summed E-state index contributed by atoms with van der Waals surface area (Å²) in [5.41, 5.74) is 0.297. The summed E-state index contributed by atoms with van der Waals surface area (Å²) in [4.78, 5) is 35.2. The van der Waals surface area contributed by atoms with Crippen LogP contribution in [0.5, 0.6) is 0 Å². The summed E-state index contributed by atoms with van der Waals surface area (Å²) in [5, 5.41) is 0. The summed E-state index contributed by atoms with van der Waals surface area (Å²) < 4.78 is 31.5. The van der Waals surface area contributed by atoms with Crippen molar-refractivity contribution in [1.82, 2.24) is 0 Å². The fraction of sp³-hybridized carbons (Fsp3) is 0.679. The molecule has 0 N–H and O–H groups in total. The van der Waals surface area contributed by atoms with E-state index in [1.807, 2.05) is 0 Å². The van der Waals surface area contributed by atoms with Crippen molar-refractivity contribution >= 4 is 17.7 Å². The molecule has 0 aliphatic carbocycles. The van der Waals surface area contributed by atoms with Gasteiger partial charge >= 0.3 is 11.9 Å². The number of hydrogen-bond donors (Lipinski definition) is 0. The molecule has 0 bridgehead atoms. The van der Waals surface area contributed by atoms with Crippen molar-refractivity contribution in [1.29, 1.82) is 0 Å². The number of ether oxygens (including phenoxy) is 6. The van der Waals surface area contributed by atoms with E-state index in [-0.39, 0.29) is 25.8 Å². The van der Waals surface area contributed by atoms with Gasteiger partial charge in [0.15, 0.2) is 0 Å². The molecule has 1 aromatic rings. The Morgan fingerprint density at radius 1 is 0.568 bits per heavy atom. The summed E-state index contributed by atoms with van der Waals surface area (Å²) in [6.07, 6.45) is 8.71. The van der Waals surface area contributed by atoms with Gasteiger partial charge in [0.2, 0.25) is 0 Å². The second-order valence-corrected chi connectivity index (χ2v) is 8.37. The molecule has 1 aromatic carbocycles. The summed E-state index contributed by atoms with van der Waals surface area (Å²) in [6, 6.07) is 8.25. The molecule has 9 nitrogen and oxygen atoms in total. The van der Waals surface area contributed by atoms with Gasteiger partial charge in [0.25, 0.3) is 5.78 Å². The highest BCUT2D eigenvalue weighted by atomic mass is 16.6. The molecule has 210 valence electrons. The predicted molar refractivity (Wildman–Crippen MR) is 139 cm³/mol. The molecule has 0 amide bonds. The van der Waals surface area contributed by atoms with Crippen LogP contribution in [0.2, 0.25) is 0 Å². The van der Waals surface area contributed by atoms with Crippen LogP contribution in [0.4, 0.5) is 0 Å². The van der Waals surface area contributed by atoms with Gasteiger partial charge in [-0.2, -0.15) is 0 Å². The third-order valence-electron chi connectivity index (χ3n) is 5.27. The van der Waals surface area contributed by atoms with E-state index in [2.05, 4.69) is 6.92 Å². The molecule has 0 unspecified atom stereocenters. The summed E-state index contributed by atoms with van der Waals surface area (Å²) in [5.74, 6) is -1.73. The van der Waals surface area contributed by atoms with Crippen LogP contribution < -0.4 is 0 Å². The lowest BCUT2D eigenvalue weighted by atomic mass is 10.1. The average Bonchev–Trinajstić information content (AvgIpc) is 2.92. The van der Waals surface area contributed by atoms with E-state index < -0.39 is 11.8 Å². The monoisotopic (exact) mass is 524 g/mol. The minimum absolute atomic E-state index is 0.00108. The number of rotatable bonds is 25. The second kappa shape index (κ2) is 24.0. The van der Waals surface area contributed by atoms with Crippen LogP contribution in [0.25, 0.3) is 0 Å². The maximum absolute atomic E-state index is 11.8. The van der Waals surface area contributed by atoms with Gasteiger partial charge in [0.05, 0.1) is 52.9 Å². The van der Waals surface area contributed by atoms with Gasteiger partial charge in [-0.05, 0) is 6.42 Å². The lowest BCUT2D eigenvalue weighted by molar-refractivity contribution is -0.145. The molecule has 0 atom stereocenters. The second-order valence-electron chi connectivity index (χ2n) is 8.37. The Morgan fingerprint density at radius 3 is 1.57 bits per heavy atom. The van der Waals surface area contributed by atoms with Gasteiger partial charge in [-0.15, -0.1) is 0 Å². The topological polar surface area (TPSA) is 107 Å². The lowest BCUT2D eigenvalue weighted by Gasteiger charge is -2.08. The van der Waals surface area contributed by atoms with Crippen molar-refractivity contribution in [3.05, 3.63) is 35.9 Å². The minimum atomic E-state index is -0.896. The van der Waals surface area contributed by atoms with Gasteiger partial charge in [-0.3, -0.25) is 9.59 Å². The summed E-state index contributed by atoms with van der Waals surface area (Å²) in [6.45, 7) is 5.41. The highest BCUT2D eigenvalue weighted by molar-refractivity contribution is 6.40. The molecule has 0 saturated carbocycles. The molecule has 0 aliphatic heterocycles. The average molecular weight is 525 g/mol. The number of ketones is 1. The predicted octanol–water partition coefficient (Wildman–Crippen LogP) is 4.16. The molecule has 9 heteroatoms. The number of benzene rings is 1. The maximum atomic E-state index is 11.8. The Balaban J connectivity index is 1.77. The lowest BCUT2D eigenvalue weighted by Crippen LogP contribution is -2.20. The molecule has 0 aliphatic rings. The van der Waals surface area contributed by atoms with Crippen molar-refractivity contribution in [2.45, 2.75) is 58.3 Å². The Labute approximate surface area is 221 Å². The zero-order chi connectivity index (χ0) is 26.8. The Kier molecular flexibility index (Phi) is 21.2. The first kappa shape index (κ1) is 32.7. The highest BCUT2D eigenvalue weighted by Gasteiger charge is 2.17. The molecular weight excluding hydrogens is 480 g/mol. The van der Waals surface area contributed by atoms with Crippen LogP contribution in [0, 0.1) is 0 Å². The fourth-order valence-corrected chi connectivity index (χ4v) is 3.24. The SMILES string of the molecule is CCCCCCCCCC(=O)OCCOCCOCCOCCOCCOC(=O)C(=O)c1ccccc1. The molecule has 0 spiro atoms. The van der Waals surface area contributed by atoms with E-state index in [0.717, 1.165) is 12.8 Å². The van der Waals surface area contributed by atoms with Crippen molar-refractivity contribution in [3.63, 3.8) is 0 Å². The van der Waals surface area contributed by atoms with Gasteiger partial charge in [0, 0.05) is 12.0 Å². The Bertz CT molecular complexity index is 709. The van der Waals surface area contributed by atoms with Gasteiger partial charge in [0.1, 0.15) is 13.2 Å². The van der Waals surface area contributed by atoms with E-state index in [1.165, 1.54) is 32.1 Å². The molecule has 0 aromatic heterocycles. The van der Waals surface area contributed by atoms with Gasteiger partial charge < -0.3 is 28.4 Å². The Morgan fingerprint density at radius 2 is 1.03 bits per heavy atom. The van der Waals surface area contributed by atoms with Gasteiger partial charge in [-0.1, -0.05) is 75.8 Å². The number of Topliss-reactive ketones (excluding diaryl/α,β-unsaturated/α-hetero) is 1. The maximum Gasteiger partial charge on any atom is 0.379 e. The van der Waals surface area contributed by atoms with Crippen LogP contribution in [0.1, 0.15) is 68.6 Å². The van der Waals surface area contributed by atoms with Crippen molar-refractivity contribution in [2.75, 3.05) is 66.1 Å². The molecular formula is C28H44O9. The first-order valence-electron chi connectivity index (χ1n) is 13.4. The standard InChI is InChI=1S/C28H44O9/c1-2-3-4-5-6-7-11-14-26(29)36-23-21-34-19-17-32-15-16-33-18-20-35-22-24-37-28(31)27(30)25-12-9-8-10-13-25/h8-10,12-13H,2-7,11,14-24H2,1H3. The van der Waals surface area contributed by atoms with Crippen LogP contribution in [0.3, 0.4) is 0 Å². The van der Waals surface area contributed by atoms with E-state index in [4.69, 9.17) is 28.4 Å². The first-order valence-corrected chi connectivity index (χ1v) is 13.4. The molecule has 0 radical (unpaired) electrons. The minimum Gasteiger partial charge on any atom is -0.463 e. The summed E-state index contributed by atoms with van der Waals surface area (Å²) in [7, 11) is 0. The van der Waals surface area contributed by atoms with Gasteiger partial charge in [-0.25, -0.2) is 4.79 Å². The molecule has 0 saturated heterocycles. The largest absolute Gasteiger partial charge is 0.463 e. The number of esters is 2. The van der Waals surface area contributed by atoms with Crippen LogP contribution >= 0.6 is 0 Å². The number of carbonyl (C=O) groups excluding carboxylic acids is 3. The zero-order valence-electron chi connectivity index (χ0n) is 22.3. The van der Waals surface area contributed by atoms with Crippen molar-refractivity contribution in [2.24, 2.45) is 0 Å². The Hall–Kier alpha value is -2.33. The molecule has 1 rings (SSSR count). The van der Waals surface area contributed by atoms with Crippen LogP contribution in [0.15, 0.2) is 30.3 Å². The van der Waals surface area contributed by atoms with Crippen LogP contribution in [-0.2, 0) is 38.0 Å². The number of hydrogen-bond acceptors (Lipinski definition) is 9. The molecule has 0 fully saturated rings. The molecule has 37 heavy (non-hydrogen) atoms. The third kappa shape index (κ3) is 19.4. The molecule has 0 heterocycles. The van der Waals surface area contributed by atoms with Crippen molar-refractivity contribution in [3.8, 4) is 0 Å². The first-order chi connectivity index (χ1) is 18.1. The smallest absolute Gasteiger partial charge is 0.379 e. The van der Waals surface area contributed by atoms with Crippen LogP contribution in [-0.4, -0.2) is 83.8 Å². The highest BCUT2D eigenvalue weighted by Crippen LogP contribution is 2.08. The van der Waals surface area contributed by atoms with E-state index in [1.54, 1.807) is 30.3 Å². The third-order valence-corrected chi connectivity index (χ3v) is 5.27. The van der Waals surface area contributed by atoms with E-state index in [0.29, 0.717) is 58.2 Å². The normalized spacial score (nSPS) is 10.8. The zero-order valence-corrected chi connectivity index (χ0v) is 22.3.